The van der Waals surface area contributed by atoms with E-state index in [2.05, 4.69) is 67.1 Å². The Labute approximate surface area is 159 Å². The summed E-state index contributed by atoms with van der Waals surface area (Å²) in [7, 11) is 0. The zero-order valence-electron chi connectivity index (χ0n) is 12.0. The van der Waals surface area contributed by atoms with Gasteiger partial charge in [0.05, 0.1) is 0 Å². The normalized spacial score (nSPS) is 13.5. The van der Waals surface area contributed by atoms with Gasteiger partial charge in [0.25, 0.3) is 0 Å². The standard InChI is InChI=1S/C19H15.2ClH.Ti/c1-2-6-17-11-14(10-16(17)5-1)9-15-12-18-7-3-4-8-19(18)13-15;;;/h1-10,12H,11,13H2;2*1H;/q-1;;;+3/p-2. The predicted molar refractivity (Wildman–Crippen MR) is 80.5 cm³/mol. The molecule has 22 heavy (non-hydrogen) atoms. The summed E-state index contributed by atoms with van der Waals surface area (Å²) in [5.41, 5.74) is 8.52. The second kappa shape index (κ2) is 8.08. The van der Waals surface area contributed by atoms with Crippen molar-refractivity contribution < 1.29 is 46.5 Å². The third-order valence-corrected chi connectivity index (χ3v) is 3.95. The maximum absolute atomic E-state index is 2.36. The third kappa shape index (κ3) is 3.70. The molecular formula is C19H15Cl2Ti. The van der Waals surface area contributed by atoms with Crippen molar-refractivity contribution in [3.63, 3.8) is 0 Å². The molecule has 0 saturated carbocycles. The SMILES string of the molecule is C1=C([CH-]C2=Cc3ccccc3C2)Cc2ccccc21.[Cl-].[Cl-].[Ti+3]. The van der Waals surface area contributed by atoms with E-state index in [1.807, 2.05) is 0 Å². The second-order valence-electron chi connectivity index (χ2n) is 5.33. The molecule has 0 N–H and O–H groups in total. The first-order valence-electron chi connectivity index (χ1n) is 6.80. The monoisotopic (exact) mass is 361 g/mol. The number of fused-ring (bicyclic) bond motifs is 2. The molecule has 0 aromatic heterocycles. The van der Waals surface area contributed by atoms with E-state index >= 15 is 0 Å². The number of hydrogen-bond donors (Lipinski definition) is 0. The number of allylic oxidation sites excluding steroid dienone is 2. The molecule has 0 nitrogen and oxygen atoms in total. The second-order valence-corrected chi connectivity index (χ2v) is 5.33. The van der Waals surface area contributed by atoms with E-state index in [1.54, 1.807) is 0 Å². The molecule has 2 aliphatic carbocycles. The Balaban J connectivity index is 0.000000807. The van der Waals surface area contributed by atoms with E-state index in [-0.39, 0.29) is 46.5 Å². The van der Waals surface area contributed by atoms with E-state index in [0.717, 1.165) is 12.8 Å². The van der Waals surface area contributed by atoms with Crippen LogP contribution in [0.1, 0.15) is 22.3 Å². The van der Waals surface area contributed by atoms with Gasteiger partial charge in [-0.1, -0.05) is 70.8 Å². The summed E-state index contributed by atoms with van der Waals surface area (Å²) >= 11 is 0. The molecule has 109 valence electrons. The summed E-state index contributed by atoms with van der Waals surface area (Å²) in [6.45, 7) is 0. The summed E-state index contributed by atoms with van der Waals surface area (Å²) in [5, 5.41) is 0. The van der Waals surface area contributed by atoms with Gasteiger partial charge >= 0.3 is 21.7 Å². The molecular weight excluding hydrogens is 347 g/mol. The molecule has 2 aliphatic rings. The van der Waals surface area contributed by atoms with Gasteiger partial charge < -0.3 is 24.8 Å². The molecule has 0 spiro atoms. The zero-order chi connectivity index (χ0) is 12.7. The molecule has 0 saturated heterocycles. The minimum absolute atomic E-state index is 0. The maximum atomic E-state index is 2.36. The molecule has 0 bridgehead atoms. The van der Waals surface area contributed by atoms with Gasteiger partial charge in [0.1, 0.15) is 0 Å². The van der Waals surface area contributed by atoms with E-state index in [0.29, 0.717) is 0 Å². The van der Waals surface area contributed by atoms with Crippen LogP contribution in [0.3, 0.4) is 0 Å². The van der Waals surface area contributed by atoms with Gasteiger partial charge in [-0.2, -0.15) is 17.6 Å². The topological polar surface area (TPSA) is 0 Å². The summed E-state index contributed by atoms with van der Waals surface area (Å²) in [4.78, 5) is 0. The third-order valence-electron chi connectivity index (χ3n) is 3.95. The van der Waals surface area contributed by atoms with Crippen molar-refractivity contribution in [3.8, 4) is 0 Å². The van der Waals surface area contributed by atoms with Gasteiger partial charge in [-0.15, -0.1) is 12.2 Å². The van der Waals surface area contributed by atoms with Crippen LogP contribution in [0.5, 0.6) is 0 Å². The van der Waals surface area contributed by atoms with Crippen molar-refractivity contribution in [3.05, 3.63) is 88.4 Å². The molecule has 0 fully saturated rings. The Morgan fingerprint density at radius 2 is 1.05 bits per heavy atom. The van der Waals surface area contributed by atoms with Crippen LogP contribution in [-0.4, -0.2) is 0 Å². The molecule has 3 heteroatoms. The summed E-state index contributed by atoms with van der Waals surface area (Å²) in [6.07, 6.45) is 9.14. The Morgan fingerprint density at radius 1 is 0.636 bits per heavy atom. The largest absolute Gasteiger partial charge is 3.00 e. The Morgan fingerprint density at radius 3 is 1.45 bits per heavy atom. The Bertz CT molecular complexity index is 655. The van der Waals surface area contributed by atoms with Crippen LogP contribution in [-0.2, 0) is 34.6 Å². The van der Waals surface area contributed by atoms with Crippen LogP contribution in [0.4, 0.5) is 0 Å². The Kier molecular flexibility index (Phi) is 7.03. The van der Waals surface area contributed by atoms with Crippen LogP contribution in [0.2, 0.25) is 0 Å². The first-order chi connectivity index (χ1) is 9.38. The van der Waals surface area contributed by atoms with Gasteiger partial charge in [0.2, 0.25) is 0 Å². The van der Waals surface area contributed by atoms with Crippen molar-refractivity contribution in [2.75, 3.05) is 0 Å². The van der Waals surface area contributed by atoms with Crippen molar-refractivity contribution in [2.24, 2.45) is 0 Å². The van der Waals surface area contributed by atoms with E-state index in [4.69, 9.17) is 0 Å². The van der Waals surface area contributed by atoms with Crippen molar-refractivity contribution in [2.45, 2.75) is 12.8 Å². The molecule has 1 radical (unpaired) electrons. The van der Waals surface area contributed by atoms with Crippen LogP contribution in [0.25, 0.3) is 12.2 Å². The van der Waals surface area contributed by atoms with Gasteiger partial charge in [-0.05, 0) is 12.8 Å². The summed E-state index contributed by atoms with van der Waals surface area (Å²) < 4.78 is 0. The molecule has 0 aliphatic heterocycles. The maximum Gasteiger partial charge on any atom is 3.00 e. The molecule has 2 aromatic carbocycles. The average molecular weight is 362 g/mol. The smallest absolute Gasteiger partial charge is 1.00 e. The van der Waals surface area contributed by atoms with Gasteiger partial charge in [-0.25, -0.2) is 0 Å². The minimum atomic E-state index is 0. The van der Waals surface area contributed by atoms with Crippen molar-refractivity contribution in [1.29, 1.82) is 0 Å². The van der Waals surface area contributed by atoms with E-state index in [1.165, 1.54) is 33.4 Å². The van der Waals surface area contributed by atoms with E-state index in [9.17, 15) is 0 Å². The molecule has 4 rings (SSSR count). The fraction of sp³-hybridized carbons (Fsp3) is 0.105. The first kappa shape index (κ1) is 19.1. The first-order valence-corrected chi connectivity index (χ1v) is 6.80. The predicted octanol–water partition coefficient (Wildman–Crippen LogP) is -1.52. The van der Waals surface area contributed by atoms with E-state index < -0.39 is 0 Å². The number of halogens is 2. The van der Waals surface area contributed by atoms with Crippen molar-refractivity contribution >= 4 is 12.2 Å². The molecule has 0 unspecified atom stereocenters. The fourth-order valence-corrected chi connectivity index (χ4v) is 3.04. The summed E-state index contributed by atoms with van der Waals surface area (Å²) in [6, 6.07) is 17.3. The molecule has 2 aromatic rings. The number of benzene rings is 2. The van der Waals surface area contributed by atoms with Gasteiger partial charge in [-0.3, -0.25) is 0 Å². The van der Waals surface area contributed by atoms with Crippen LogP contribution in [0, 0.1) is 6.42 Å². The minimum Gasteiger partial charge on any atom is -1.00 e. The summed E-state index contributed by atoms with van der Waals surface area (Å²) in [5.74, 6) is 0. The molecule has 0 atom stereocenters. The number of hydrogen-bond acceptors (Lipinski definition) is 0. The molecule has 0 heterocycles. The number of rotatable bonds is 2. The average Bonchev–Trinajstić information content (AvgIpc) is 3.00. The van der Waals surface area contributed by atoms with Crippen LogP contribution >= 0.6 is 0 Å². The fourth-order valence-electron chi connectivity index (χ4n) is 3.04. The molecule has 0 amide bonds. The van der Waals surface area contributed by atoms with Crippen LogP contribution in [0.15, 0.2) is 59.7 Å². The quantitative estimate of drug-likeness (QED) is 0.450. The Hall–Kier alpha value is -0.916. The van der Waals surface area contributed by atoms with Gasteiger partial charge in [0.15, 0.2) is 0 Å². The zero-order valence-corrected chi connectivity index (χ0v) is 15.1. The van der Waals surface area contributed by atoms with Crippen LogP contribution < -0.4 is 24.8 Å². The van der Waals surface area contributed by atoms with Crippen molar-refractivity contribution in [1.82, 2.24) is 0 Å². The van der Waals surface area contributed by atoms with Gasteiger partial charge in [0, 0.05) is 0 Å².